The van der Waals surface area contributed by atoms with Gasteiger partial charge in [0.05, 0.1) is 19.4 Å². The lowest BCUT2D eigenvalue weighted by Crippen LogP contribution is -2.16. The summed E-state index contributed by atoms with van der Waals surface area (Å²) in [5.74, 6) is 1.47. The Kier molecular flexibility index (Phi) is 5.81. The summed E-state index contributed by atoms with van der Waals surface area (Å²) < 4.78 is 10.7. The van der Waals surface area contributed by atoms with Crippen molar-refractivity contribution in [2.75, 3.05) is 17.7 Å². The van der Waals surface area contributed by atoms with E-state index in [-0.39, 0.29) is 17.7 Å². The number of anilines is 2. The summed E-state index contributed by atoms with van der Waals surface area (Å²) in [7, 11) is 1.64. The molecule has 0 aliphatic heterocycles. The lowest BCUT2D eigenvalue weighted by molar-refractivity contribution is 0.0997. The number of nitrogens with one attached hydrogen (secondary N) is 2. The van der Waals surface area contributed by atoms with Gasteiger partial charge in [0.2, 0.25) is 0 Å². The molecule has 6 nitrogen and oxygen atoms in total. The summed E-state index contributed by atoms with van der Waals surface area (Å²) in [5.41, 5.74) is 1.93. The smallest absolute Gasteiger partial charge is 0.291 e. The first-order valence-electron chi connectivity index (χ1n) is 9.41. The van der Waals surface area contributed by atoms with Crippen LogP contribution >= 0.6 is 11.3 Å². The number of amides is 1. The van der Waals surface area contributed by atoms with Gasteiger partial charge in [0, 0.05) is 16.6 Å². The number of ether oxygens (including phenoxy) is 1. The topological polar surface area (TPSA) is 76.4 Å². The van der Waals surface area contributed by atoms with E-state index in [2.05, 4.69) is 21.7 Å². The predicted octanol–water partition coefficient (Wildman–Crippen LogP) is 5.51. The summed E-state index contributed by atoms with van der Waals surface area (Å²) in [6, 6.07) is 18.7. The normalized spacial score (nSPS) is 11.7. The number of furan rings is 1. The van der Waals surface area contributed by atoms with Gasteiger partial charge in [-0.3, -0.25) is 4.79 Å². The van der Waals surface area contributed by atoms with Crippen molar-refractivity contribution in [3.05, 3.63) is 94.9 Å². The predicted molar refractivity (Wildman–Crippen MR) is 118 cm³/mol. The molecular weight excluding hydrogens is 398 g/mol. The molecule has 1 atom stereocenters. The van der Waals surface area contributed by atoms with E-state index in [1.54, 1.807) is 25.4 Å². The standard InChI is InChI=1S/C23H21N3O3S/c1-15-13-18(23(30-15)26-22(27)19-9-6-12-29-19)21(25-20-10-3-4-11-24-20)16-7-5-8-17(14-16)28-2/h3-14,21H,1-2H3,(H,24,25)(H,26,27)/t21-/m1/s1. The zero-order valence-electron chi connectivity index (χ0n) is 16.6. The van der Waals surface area contributed by atoms with Gasteiger partial charge >= 0.3 is 0 Å². The highest BCUT2D eigenvalue weighted by atomic mass is 32.1. The van der Waals surface area contributed by atoms with Crippen molar-refractivity contribution < 1.29 is 13.9 Å². The number of rotatable bonds is 7. The minimum absolute atomic E-state index is 0.244. The third-order valence-corrected chi connectivity index (χ3v) is 5.53. The summed E-state index contributed by atoms with van der Waals surface area (Å²) in [6.45, 7) is 2.01. The fraction of sp³-hybridized carbons (Fsp3) is 0.130. The van der Waals surface area contributed by atoms with Crippen LogP contribution in [0.2, 0.25) is 0 Å². The van der Waals surface area contributed by atoms with Gasteiger partial charge < -0.3 is 19.8 Å². The van der Waals surface area contributed by atoms with E-state index in [1.807, 2.05) is 49.4 Å². The number of benzene rings is 1. The third-order valence-electron chi connectivity index (χ3n) is 4.55. The van der Waals surface area contributed by atoms with Crippen LogP contribution in [-0.2, 0) is 0 Å². The zero-order chi connectivity index (χ0) is 20.9. The van der Waals surface area contributed by atoms with E-state index >= 15 is 0 Å². The third kappa shape index (κ3) is 4.36. The summed E-state index contributed by atoms with van der Waals surface area (Å²) in [4.78, 5) is 18.1. The number of hydrogen-bond donors (Lipinski definition) is 2. The maximum absolute atomic E-state index is 12.6. The van der Waals surface area contributed by atoms with Gasteiger partial charge in [-0.25, -0.2) is 4.98 Å². The molecule has 0 bridgehead atoms. The van der Waals surface area contributed by atoms with Crippen LogP contribution in [0.1, 0.15) is 32.6 Å². The number of carbonyl (C=O) groups is 1. The van der Waals surface area contributed by atoms with Gasteiger partial charge in [0.25, 0.3) is 5.91 Å². The van der Waals surface area contributed by atoms with E-state index in [1.165, 1.54) is 17.6 Å². The van der Waals surface area contributed by atoms with Crippen LogP contribution < -0.4 is 15.4 Å². The Labute approximate surface area is 178 Å². The largest absolute Gasteiger partial charge is 0.497 e. The van der Waals surface area contributed by atoms with Crippen molar-refractivity contribution in [1.29, 1.82) is 0 Å². The van der Waals surface area contributed by atoms with Crippen LogP contribution in [0.15, 0.2) is 77.5 Å². The van der Waals surface area contributed by atoms with Crippen molar-refractivity contribution in [2.45, 2.75) is 13.0 Å². The van der Waals surface area contributed by atoms with Crippen LogP contribution in [-0.4, -0.2) is 18.0 Å². The number of pyridine rings is 1. The molecule has 0 unspecified atom stereocenters. The van der Waals surface area contributed by atoms with Crippen LogP contribution in [0.4, 0.5) is 10.8 Å². The zero-order valence-corrected chi connectivity index (χ0v) is 17.4. The van der Waals surface area contributed by atoms with Gasteiger partial charge in [-0.2, -0.15) is 0 Å². The van der Waals surface area contributed by atoms with Crippen LogP contribution in [0, 0.1) is 6.92 Å². The number of carbonyl (C=O) groups excluding carboxylic acids is 1. The molecule has 3 aromatic heterocycles. The Morgan fingerprint density at radius 3 is 2.77 bits per heavy atom. The van der Waals surface area contributed by atoms with Gasteiger partial charge in [-0.15, -0.1) is 11.3 Å². The maximum atomic E-state index is 12.6. The Morgan fingerprint density at radius 1 is 1.13 bits per heavy atom. The van der Waals surface area contributed by atoms with Crippen LogP contribution in [0.25, 0.3) is 0 Å². The summed E-state index contributed by atoms with van der Waals surface area (Å²) >= 11 is 1.52. The average Bonchev–Trinajstić information content (AvgIpc) is 3.43. The molecule has 0 aliphatic rings. The average molecular weight is 420 g/mol. The van der Waals surface area contributed by atoms with Crippen molar-refractivity contribution >= 4 is 28.1 Å². The van der Waals surface area contributed by atoms with E-state index < -0.39 is 0 Å². The second-order valence-corrected chi connectivity index (χ2v) is 7.90. The molecule has 0 spiro atoms. The molecule has 0 fully saturated rings. The van der Waals surface area contributed by atoms with E-state index in [4.69, 9.17) is 9.15 Å². The maximum Gasteiger partial charge on any atom is 0.291 e. The highest BCUT2D eigenvalue weighted by Crippen LogP contribution is 2.38. The van der Waals surface area contributed by atoms with Crippen LogP contribution in [0.3, 0.4) is 0 Å². The number of aromatic nitrogens is 1. The lowest BCUT2D eigenvalue weighted by atomic mass is 9.99. The fourth-order valence-corrected chi connectivity index (χ4v) is 4.12. The number of thiophene rings is 1. The second kappa shape index (κ2) is 8.84. The molecule has 3 heterocycles. The first-order chi connectivity index (χ1) is 14.6. The Morgan fingerprint density at radius 2 is 2.03 bits per heavy atom. The Hall–Kier alpha value is -3.58. The van der Waals surface area contributed by atoms with Crippen molar-refractivity contribution in [1.82, 2.24) is 4.98 Å². The lowest BCUT2D eigenvalue weighted by Gasteiger charge is -2.21. The number of nitrogens with zero attached hydrogens (tertiary/aromatic N) is 1. The van der Waals surface area contributed by atoms with E-state index in [0.29, 0.717) is 0 Å². The summed E-state index contributed by atoms with van der Waals surface area (Å²) in [6.07, 6.45) is 3.22. The number of methoxy groups -OCH3 is 1. The number of hydrogen-bond acceptors (Lipinski definition) is 6. The molecule has 2 N–H and O–H groups in total. The quantitative estimate of drug-likeness (QED) is 0.413. The highest BCUT2D eigenvalue weighted by molar-refractivity contribution is 7.16. The van der Waals surface area contributed by atoms with Crippen molar-refractivity contribution in [3.8, 4) is 5.75 Å². The van der Waals surface area contributed by atoms with Crippen LogP contribution in [0.5, 0.6) is 5.75 Å². The van der Waals surface area contributed by atoms with Crippen molar-refractivity contribution in [3.63, 3.8) is 0 Å². The molecule has 1 aromatic carbocycles. The van der Waals surface area contributed by atoms with Gasteiger partial charge in [0.1, 0.15) is 16.6 Å². The fourth-order valence-electron chi connectivity index (χ4n) is 3.18. The molecule has 7 heteroatoms. The SMILES string of the molecule is COc1cccc([C@@H](Nc2ccccn2)c2cc(C)sc2NC(=O)c2ccco2)c1. The summed E-state index contributed by atoms with van der Waals surface area (Å²) in [5, 5.41) is 7.24. The molecule has 0 radical (unpaired) electrons. The minimum Gasteiger partial charge on any atom is -0.497 e. The van der Waals surface area contributed by atoms with Gasteiger partial charge in [-0.05, 0) is 55.0 Å². The second-order valence-electron chi connectivity index (χ2n) is 6.64. The van der Waals surface area contributed by atoms with Gasteiger partial charge in [0.15, 0.2) is 5.76 Å². The van der Waals surface area contributed by atoms with E-state index in [9.17, 15) is 4.79 Å². The molecule has 0 saturated carbocycles. The Bertz CT molecular complexity index is 1120. The molecule has 4 aromatic rings. The highest BCUT2D eigenvalue weighted by Gasteiger charge is 2.23. The van der Waals surface area contributed by atoms with Crippen molar-refractivity contribution in [2.24, 2.45) is 0 Å². The molecule has 0 saturated heterocycles. The molecule has 30 heavy (non-hydrogen) atoms. The minimum atomic E-state index is -0.287. The van der Waals surface area contributed by atoms with E-state index in [0.717, 1.165) is 32.6 Å². The van der Waals surface area contributed by atoms with Gasteiger partial charge in [-0.1, -0.05) is 18.2 Å². The first-order valence-corrected chi connectivity index (χ1v) is 10.2. The molecular formula is C23H21N3O3S. The number of aryl methyl sites for hydroxylation is 1. The molecule has 1 amide bonds. The molecule has 4 rings (SSSR count). The molecule has 152 valence electrons. The molecule has 0 aliphatic carbocycles. The monoisotopic (exact) mass is 419 g/mol. The first kappa shape index (κ1) is 19.7. The Balaban J connectivity index is 1.74.